The Labute approximate surface area is 48.6 Å². The van der Waals surface area contributed by atoms with E-state index in [4.69, 9.17) is 15.3 Å². The summed E-state index contributed by atoms with van der Waals surface area (Å²) in [5.74, 6) is 0. The molecule has 0 radical (unpaired) electrons. The van der Waals surface area contributed by atoms with Crippen LogP contribution < -0.4 is 0 Å². The third-order valence-electron chi connectivity index (χ3n) is 0.991. The fourth-order valence-corrected chi connectivity index (χ4v) is 0.320. The van der Waals surface area contributed by atoms with Crippen molar-refractivity contribution in [2.45, 2.75) is 18.9 Å². The predicted octanol–water partition coefficient (Wildman–Crippen LogP) is -0.888. The molecule has 1 atom stereocenters. The molecule has 0 aliphatic heterocycles. The SMILES string of the molecule is CC(O)(CO)CCO. The van der Waals surface area contributed by atoms with Crippen molar-refractivity contribution in [3.05, 3.63) is 0 Å². The monoisotopic (exact) mass is 120 g/mol. The van der Waals surface area contributed by atoms with Crippen molar-refractivity contribution in [2.75, 3.05) is 13.2 Å². The number of hydrogen-bond acceptors (Lipinski definition) is 3. The van der Waals surface area contributed by atoms with Crippen molar-refractivity contribution in [3.8, 4) is 0 Å². The molecule has 0 heterocycles. The maximum Gasteiger partial charge on any atom is 0.0871 e. The van der Waals surface area contributed by atoms with Gasteiger partial charge in [0.05, 0.1) is 12.2 Å². The summed E-state index contributed by atoms with van der Waals surface area (Å²) >= 11 is 0. The Kier molecular flexibility index (Phi) is 2.97. The second kappa shape index (κ2) is 3.02. The van der Waals surface area contributed by atoms with E-state index in [1.54, 1.807) is 0 Å². The Hall–Kier alpha value is -0.120. The quantitative estimate of drug-likeness (QED) is 0.453. The Morgan fingerprint density at radius 2 is 1.88 bits per heavy atom. The van der Waals surface area contributed by atoms with Crippen LogP contribution in [0, 0.1) is 0 Å². The molecule has 0 aliphatic carbocycles. The van der Waals surface area contributed by atoms with Gasteiger partial charge in [-0.25, -0.2) is 0 Å². The second-order valence-electron chi connectivity index (χ2n) is 2.13. The van der Waals surface area contributed by atoms with Gasteiger partial charge in [0, 0.05) is 13.0 Å². The van der Waals surface area contributed by atoms with Gasteiger partial charge < -0.3 is 15.3 Å². The van der Waals surface area contributed by atoms with E-state index in [1.807, 2.05) is 0 Å². The highest BCUT2D eigenvalue weighted by Crippen LogP contribution is 2.05. The molecule has 0 aromatic rings. The smallest absolute Gasteiger partial charge is 0.0871 e. The molecular weight excluding hydrogens is 108 g/mol. The number of hydrogen-bond donors (Lipinski definition) is 3. The van der Waals surface area contributed by atoms with Crippen LogP contribution in [0.15, 0.2) is 0 Å². The molecule has 0 fully saturated rings. The molecule has 0 bridgehead atoms. The van der Waals surface area contributed by atoms with Crippen LogP contribution >= 0.6 is 0 Å². The van der Waals surface area contributed by atoms with Gasteiger partial charge in [-0.1, -0.05) is 0 Å². The molecule has 0 aromatic carbocycles. The van der Waals surface area contributed by atoms with E-state index in [2.05, 4.69) is 0 Å². The lowest BCUT2D eigenvalue weighted by Gasteiger charge is -2.17. The van der Waals surface area contributed by atoms with Gasteiger partial charge in [-0.05, 0) is 6.92 Å². The summed E-state index contributed by atoms with van der Waals surface area (Å²) in [7, 11) is 0. The van der Waals surface area contributed by atoms with Crippen LogP contribution in [0.5, 0.6) is 0 Å². The lowest BCUT2D eigenvalue weighted by Crippen LogP contribution is -2.29. The molecule has 3 N–H and O–H groups in total. The van der Waals surface area contributed by atoms with Crippen LogP contribution in [0.2, 0.25) is 0 Å². The second-order valence-corrected chi connectivity index (χ2v) is 2.13. The van der Waals surface area contributed by atoms with Crippen LogP contribution in [0.3, 0.4) is 0 Å². The molecule has 0 saturated heterocycles. The maximum atomic E-state index is 8.91. The first kappa shape index (κ1) is 7.88. The topological polar surface area (TPSA) is 60.7 Å². The highest BCUT2D eigenvalue weighted by Gasteiger charge is 2.16. The average molecular weight is 120 g/mol. The van der Waals surface area contributed by atoms with Crippen LogP contribution in [-0.4, -0.2) is 34.1 Å². The average Bonchev–Trinajstić information content (AvgIpc) is 1.67. The third-order valence-corrected chi connectivity index (χ3v) is 0.991. The van der Waals surface area contributed by atoms with Gasteiger partial charge in [0.25, 0.3) is 0 Å². The molecule has 0 spiro atoms. The Balaban J connectivity index is 3.37. The maximum absolute atomic E-state index is 8.91. The molecule has 1 unspecified atom stereocenters. The van der Waals surface area contributed by atoms with Gasteiger partial charge in [0.15, 0.2) is 0 Å². The summed E-state index contributed by atoms with van der Waals surface area (Å²) in [5.41, 5.74) is -1.10. The van der Waals surface area contributed by atoms with E-state index in [0.717, 1.165) is 0 Å². The molecule has 0 amide bonds. The van der Waals surface area contributed by atoms with Crippen molar-refractivity contribution in [2.24, 2.45) is 0 Å². The molecule has 50 valence electrons. The summed E-state index contributed by atoms with van der Waals surface area (Å²) in [6, 6.07) is 0. The molecule has 8 heavy (non-hydrogen) atoms. The van der Waals surface area contributed by atoms with E-state index in [0.29, 0.717) is 0 Å². The van der Waals surface area contributed by atoms with Gasteiger partial charge in [-0.2, -0.15) is 0 Å². The van der Waals surface area contributed by atoms with Gasteiger partial charge in [0.1, 0.15) is 0 Å². The molecule has 3 nitrogen and oxygen atoms in total. The minimum atomic E-state index is -1.10. The van der Waals surface area contributed by atoms with Gasteiger partial charge in [-0.3, -0.25) is 0 Å². The number of rotatable bonds is 3. The molecule has 3 heteroatoms. The third kappa shape index (κ3) is 2.96. The summed E-state index contributed by atoms with van der Waals surface area (Å²) in [5, 5.41) is 25.5. The minimum absolute atomic E-state index is 0.0897. The number of aliphatic hydroxyl groups is 3. The number of aliphatic hydroxyl groups excluding tert-OH is 2. The van der Waals surface area contributed by atoms with Crippen LogP contribution in [-0.2, 0) is 0 Å². The zero-order valence-electron chi connectivity index (χ0n) is 4.96. The summed E-state index contributed by atoms with van der Waals surface area (Å²) in [6.07, 6.45) is 0.226. The van der Waals surface area contributed by atoms with Crippen molar-refractivity contribution in [3.63, 3.8) is 0 Å². The summed E-state index contributed by atoms with van der Waals surface area (Å²) in [4.78, 5) is 0. The van der Waals surface area contributed by atoms with E-state index in [1.165, 1.54) is 6.92 Å². The predicted molar refractivity (Wildman–Crippen MR) is 29.4 cm³/mol. The molecule has 0 rings (SSSR count). The molecular formula is C5H12O3. The largest absolute Gasteiger partial charge is 0.396 e. The first-order chi connectivity index (χ1) is 3.62. The van der Waals surface area contributed by atoms with Crippen molar-refractivity contribution in [1.82, 2.24) is 0 Å². The van der Waals surface area contributed by atoms with Gasteiger partial charge in [-0.15, -0.1) is 0 Å². The first-order valence-electron chi connectivity index (χ1n) is 2.56. The highest BCUT2D eigenvalue weighted by molar-refractivity contribution is 4.68. The normalized spacial score (nSPS) is 18.0. The van der Waals surface area contributed by atoms with Crippen molar-refractivity contribution in [1.29, 1.82) is 0 Å². The lowest BCUT2D eigenvalue weighted by molar-refractivity contribution is -0.0162. The molecule has 0 aliphatic rings. The fraction of sp³-hybridized carbons (Fsp3) is 1.00. The van der Waals surface area contributed by atoms with Gasteiger partial charge >= 0.3 is 0 Å². The van der Waals surface area contributed by atoms with Gasteiger partial charge in [0.2, 0.25) is 0 Å². The Morgan fingerprint density at radius 1 is 1.38 bits per heavy atom. The lowest BCUT2D eigenvalue weighted by atomic mass is 10.1. The molecule has 0 aromatic heterocycles. The zero-order valence-corrected chi connectivity index (χ0v) is 4.96. The molecule has 0 saturated carbocycles. The Morgan fingerprint density at radius 3 is 2.00 bits per heavy atom. The van der Waals surface area contributed by atoms with E-state index >= 15 is 0 Å². The van der Waals surface area contributed by atoms with Crippen LogP contribution in [0.4, 0.5) is 0 Å². The zero-order chi connectivity index (χ0) is 6.62. The van der Waals surface area contributed by atoms with Crippen molar-refractivity contribution >= 4 is 0 Å². The van der Waals surface area contributed by atoms with E-state index in [-0.39, 0.29) is 19.6 Å². The van der Waals surface area contributed by atoms with E-state index < -0.39 is 5.60 Å². The Bertz CT molecular complexity index is 60.7. The standard InChI is InChI=1S/C5H12O3/c1-5(8,4-7)2-3-6/h6-8H,2-4H2,1H3. The fourth-order valence-electron chi connectivity index (χ4n) is 0.320. The minimum Gasteiger partial charge on any atom is -0.396 e. The van der Waals surface area contributed by atoms with Crippen molar-refractivity contribution < 1.29 is 15.3 Å². The van der Waals surface area contributed by atoms with Crippen LogP contribution in [0.1, 0.15) is 13.3 Å². The first-order valence-corrected chi connectivity index (χ1v) is 2.56. The van der Waals surface area contributed by atoms with Crippen LogP contribution in [0.25, 0.3) is 0 Å². The van der Waals surface area contributed by atoms with E-state index in [9.17, 15) is 0 Å². The summed E-state index contributed by atoms with van der Waals surface area (Å²) in [6.45, 7) is 1.09. The highest BCUT2D eigenvalue weighted by atomic mass is 16.3. The summed E-state index contributed by atoms with van der Waals surface area (Å²) < 4.78 is 0.